The van der Waals surface area contributed by atoms with E-state index in [-0.39, 0.29) is 0 Å². The summed E-state index contributed by atoms with van der Waals surface area (Å²) in [5.74, 6) is 0. The molecule has 0 radical (unpaired) electrons. The van der Waals surface area contributed by atoms with Crippen LogP contribution in [0.1, 0.15) is 0 Å². The molecule has 0 spiro atoms. The summed E-state index contributed by atoms with van der Waals surface area (Å²) in [6.07, 6.45) is 0.359. The third-order valence-corrected chi connectivity index (χ3v) is 2.95. The van der Waals surface area contributed by atoms with Crippen LogP contribution in [0.5, 0.6) is 0 Å². The molecule has 2 heterocycles. The smallest absolute Gasteiger partial charge is 0.0862 e. The van der Waals surface area contributed by atoms with Crippen LogP contribution in [0, 0.1) is 0 Å². The van der Waals surface area contributed by atoms with Crippen LogP contribution in [0.4, 0.5) is 0 Å². The number of morpholine rings is 1. The molecule has 1 unspecified atom stereocenters. The third-order valence-electron chi connectivity index (χ3n) is 2.95. The first-order valence-corrected chi connectivity index (χ1v) is 4.97. The van der Waals surface area contributed by atoms with E-state index in [1.807, 2.05) is 0 Å². The van der Waals surface area contributed by atoms with Crippen molar-refractivity contribution >= 4 is 0 Å². The quantitative estimate of drug-likeness (QED) is 0.618. The molecule has 0 aromatic rings. The SMILES string of the molecule is CO[C@H]1CNCC1N1CCOCC1. The Labute approximate surface area is 79.2 Å². The minimum absolute atomic E-state index is 0.359. The van der Waals surface area contributed by atoms with Crippen LogP contribution in [0.3, 0.4) is 0 Å². The predicted molar refractivity (Wildman–Crippen MR) is 49.8 cm³/mol. The highest BCUT2D eigenvalue weighted by Gasteiger charge is 2.32. The van der Waals surface area contributed by atoms with E-state index in [1.165, 1.54) is 0 Å². The molecular weight excluding hydrogens is 168 g/mol. The van der Waals surface area contributed by atoms with Crippen molar-refractivity contribution < 1.29 is 9.47 Å². The topological polar surface area (TPSA) is 33.7 Å². The van der Waals surface area contributed by atoms with Crippen LogP contribution in [0.2, 0.25) is 0 Å². The van der Waals surface area contributed by atoms with E-state index in [2.05, 4.69) is 10.2 Å². The molecule has 1 N–H and O–H groups in total. The zero-order chi connectivity index (χ0) is 9.10. The molecule has 76 valence electrons. The molecule has 2 aliphatic rings. The van der Waals surface area contributed by atoms with Gasteiger partial charge < -0.3 is 14.8 Å². The van der Waals surface area contributed by atoms with E-state index in [0.29, 0.717) is 12.1 Å². The van der Waals surface area contributed by atoms with Gasteiger partial charge in [0.15, 0.2) is 0 Å². The van der Waals surface area contributed by atoms with E-state index in [4.69, 9.17) is 9.47 Å². The zero-order valence-electron chi connectivity index (χ0n) is 8.16. The van der Waals surface area contributed by atoms with Crippen LogP contribution < -0.4 is 5.32 Å². The van der Waals surface area contributed by atoms with Crippen LogP contribution in [0.15, 0.2) is 0 Å². The highest BCUT2D eigenvalue weighted by atomic mass is 16.5. The standard InChI is InChI=1S/C9H18N2O2/c1-12-9-7-10-6-8(9)11-2-4-13-5-3-11/h8-10H,2-7H2,1H3/t8?,9-/m0/s1. The molecule has 0 bridgehead atoms. The van der Waals surface area contributed by atoms with Gasteiger partial charge in [-0.05, 0) is 0 Å². The third kappa shape index (κ3) is 2.02. The van der Waals surface area contributed by atoms with E-state index in [1.54, 1.807) is 7.11 Å². The zero-order valence-corrected chi connectivity index (χ0v) is 8.16. The fraction of sp³-hybridized carbons (Fsp3) is 1.00. The van der Waals surface area contributed by atoms with Crippen LogP contribution in [-0.4, -0.2) is 63.5 Å². The molecule has 2 saturated heterocycles. The molecule has 0 aromatic heterocycles. The molecule has 4 heteroatoms. The van der Waals surface area contributed by atoms with Gasteiger partial charge in [-0.3, -0.25) is 4.90 Å². The average Bonchev–Trinajstić information content (AvgIpc) is 2.67. The second kappa shape index (κ2) is 4.37. The largest absolute Gasteiger partial charge is 0.379 e. The van der Waals surface area contributed by atoms with E-state index < -0.39 is 0 Å². The molecule has 13 heavy (non-hydrogen) atoms. The van der Waals surface area contributed by atoms with Crippen LogP contribution >= 0.6 is 0 Å². The second-order valence-electron chi connectivity index (χ2n) is 3.65. The molecule has 4 nitrogen and oxygen atoms in total. The molecule has 2 rings (SSSR count). The molecule has 2 aliphatic heterocycles. The van der Waals surface area contributed by atoms with Gasteiger partial charge in [0.1, 0.15) is 0 Å². The molecular formula is C9H18N2O2. The summed E-state index contributed by atoms with van der Waals surface area (Å²) in [5.41, 5.74) is 0. The predicted octanol–water partition coefficient (Wildman–Crippen LogP) is -0.695. The van der Waals surface area contributed by atoms with Gasteiger partial charge in [0, 0.05) is 39.3 Å². The lowest BCUT2D eigenvalue weighted by molar-refractivity contribution is -0.0173. The highest BCUT2D eigenvalue weighted by Crippen LogP contribution is 2.13. The number of nitrogens with one attached hydrogen (secondary N) is 1. The van der Waals surface area contributed by atoms with Crippen molar-refractivity contribution in [2.24, 2.45) is 0 Å². The molecule has 0 aromatic carbocycles. The Morgan fingerprint density at radius 2 is 2.08 bits per heavy atom. The Morgan fingerprint density at radius 3 is 2.77 bits per heavy atom. The minimum Gasteiger partial charge on any atom is -0.379 e. The summed E-state index contributed by atoms with van der Waals surface area (Å²) in [6.45, 7) is 5.87. The summed E-state index contributed by atoms with van der Waals surface area (Å²) in [7, 11) is 1.80. The van der Waals surface area contributed by atoms with Gasteiger partial charge in [0.25, 0.3) is 0 Å². The number of rotatable bonds is 2. The maximum Gasteiger partial charge on any atom is 0.0862 e. The van der Waals surface area contributed by atoms with Crippen molar-refractivity contribution in [2.75, 3.05) is 46.5 Å². The maximum absolute atomic E-state index is 5.43. The number of hydrogen-bond acceptors (Lipinski definition) is 4. The molecule has 0 aliphatic carbocycles. The van der Waals surface area contributed by atoms with Crippen LogP contribution in [-0.2, 0) is 9.47 Å². The number of methoxy groups -OCH3 is 1. The number of nitrogens with zero attached hydrogens (tertiary/aromatic N) is 1. The second-order valence-corrected chi connectivity index (χ2v) is 3.65. The Bertz CT molecular complexity index is 160. The van der Waals surface area contributed by atoms with E-state index >= 15 is 0 Å². The fourth-order valence-electron chi connectivity index (χ4n) is 2.15. The van der Waals surface area contributed by atoms with Gasteiger partial charge in [0.2, 0.25) is 0 Å². The Kier molecular flexibility index (Phi) is 3.16. The summed E-state index contributed by atoms with van der Waals surface area (Å²) in [4.78, 5) is 2.47. The average molecular weight is 186 g/mol. The highest BCUT2D eigenvalue weighted by molar-refractivity contribution is 4.90. The van der Waals surface area contributed by atoms with Gasteiger partial charge in [-0.2, -0.15) is 0 Å². The fourth-order valence-corrected chi connectivity index (χ4v) is 2.15. The first kappa shape index (κ1) is 9.40. The first-order valence-electron chi connectivity index (χ1n) is 4.97. The van der Waals surface area contributed by atoms with E-state index in [9.17, 15) is 0 Å². The maximum atomic E-state index is 5.43. The van der Waals surface area contributed by atoms with Crippen molar-refractivity contribution in [3.63, 3.8) is 0 Å². The van der Waals surface area contributed by atoms with Crippen molar-refractivity contribution in [3.05, 3.63) is 0 Å². The Balaban J connectivity index is 1.90. The normalized spacial score (nSPS) is 36.7. The molecule has 2 fully saturated rings. The van der Waals surface area contributed by atoms with Gasteiger partial charge >= 0.3 is 0 Å². The van der Waals surface area contributed by atoms with Gasteiger partial charge in [-0.1, -0.05) is 0 Å². The van der Waals surface area contributed by atoms with Crippen LogP contribution in [0.25, 0.3) is 0 Å². The van der Waals surface area contributed by atoms with Crippen molar-refractivity contribution in [1.29, 1.82) is 0 Å². The Morgan fingerprint density at radius 1 is 1.31 bits per heavy atom. The van der Waals surface area contributed by atoms with Gasteiger partial charge in [-0.25, -0.2) is 0 Å². The monoisotopic (exact) mass is 186 g/mol. The first-order chi connectivity index (χ1) is 6.42. The number of hydrogen-bond donors (Lipinski definition) is 1. The molecule has 2 atom stereocenters. The minimum atomic E-state index is 0.359. The summed E-state index contributed by atoms with van der Waals surface area (Å²) < 4.78 is 10.8. The van der Waals surface area contributed by atoms with Gasteiger partial charge in [-0.15, -0.1) is 0 Å². The molecule has 0 saturated carbocycles. The lowest BCUT2D eigenvalue weighted by atomic mass is 10.1. The summed E-state index contributed by atoms with van der Waals surface area (Å²) >= 11 is 0. The van der Waals surface area contributed by atoms with Crippen molar-refractivity contribution in [1.82, 2.24) is 10.2 Å². The van der Waals surface area contributed by atoms with Crippen molar-refractivity contribution in [3.8, 4) is 0 Å². The number of ether oxygens (including phenoxy) is 2. The molecule has 0 amide bonds. The summed E-state index contributed by atoms with van der Waals surface area (Å²) in [5, 5.41) is 3.36. The van der Waals surface area contributed by atoms with E-state index in [0.717, 1.165) is 39.4 Å². The Hall–Kier alpha value is -0.160. The lowest BCUT2D eigenvalue weighted by Crippen LogP contribution is -2.49. The summed E-state index contributed by atoms with van der Waals surface area (Å²) in [6, 6.07) is 0.550. The van der Waals surface area contributed by atoms with Gasteiger partial charge in [0.05, 0.1) is 19.3 Å². The van der Waals surface area contributed by atoms with Crippen molar-refractivity contribution in [2.45, 2.75) is 12.1 Å². The lowest BCUT2D eigenvalue weighted by Gasteiger charge is -2.34.